The van der Waals surface area contributed by atoms with E-state index in [2.05, 4.69) is 4.52 Å². The fourth-order valence-corrected chi connectivity index (χ4v) is 2.21. The molecule has 0 bridgehead atoms. The van der Waals surface area contributed by atoms with E-state index in [0.717, 1.165) is 0 Å². The number of aliphatic hydroxyl groups is 4. The molecule has 0 saturated carbocycles. The number of ether oxygens (including phenoxy) is 1. The van der Waals surface area contributed by atoms with Gasteiger partial charge in [-0.1, -0.05) is 0 Å². The summed E-state index contributed by atoms with van der Waals surface area (Å²) in [6.07, 6.45) is -5.85. The van der Waals surface area contributed by atoms with Crippen LogP contribution < -0.4 is 29.6 Å². The Balaban J connectivity index is 0. The van der Waals surface area contributed by atoms with Crippen LogP contribution in [0, 0.1) is 0 Å². The van der Waals surface area contributed by atoms with Crippen LogP contribution in [0.2, 0.25) is 0 Å². The van der Waals surface area contributed by atoms with Gasteiger partial charge in [0.05, 0.1) is 12.7 Å². The van der Waals surface area contributed by atoms with Crippen LogP contribution in [0.15, 0.2) is 0 Å². The van der Waals surface area contributed by atoms with Crippen molar-refractivity contribution >= 4 is 7.82 Å². The van der Waals surface area contributed by atoms with Crippen molar-refractivity contribution in [3.63, 3.8) is 0 Å². The largest absolute Gasteiger partial charge is 1.00 e. The van der Waals surface area contributed by atoms with Crippen LogP contribution in [0.5, 0.6) is 0 Å². The van der Waals surface area contributed by atoms with Crippen LogP contribution in [-0.4, -0.2) is 73.9 Å². The van der Waals surface area contributed by atoms with Gasteiger partial charge in [0.2, 0.25) is 0 Å². The molecule has 0 aromatic rings. The Bertz CT molecular complexity index is 330. The number of phosphoric acid groups is 1. The Morgan fingerprint density at radius 3 is 2.15 bits per heavy atom. The zero-order valence-corrected chi connectivity index (χ0v) is 14.0. The molecule has 0 aromatic heterocycles. The summed E-state index contributed by atoms with van der Waals surface area (Å²) < 4.78 is 20.0. The van der Waals surface area contributed by atoms with Gasteiger partial charge in [-0.2, -0.15) is 0 Å². The third-order valence-corrected chi connectivity index (χ3v) is 3.35. The number of hydrogen-bond donors (Lipinski definition) is 6. The Labute approximate surface area is 139 Å². The van der Waals surface area contributed by atoms with Gasteiger partial charge in [0.1, 0.15) is 24.4 Å². The summed E-state index contributed by atoms with van der Waals surface area (Å²) in [6, 6.07) is 0. The standard InChI is InChI=1S/C9H19O9P.Na.H/c10-3-1-2-5-7(11)9(13)8(12)6(18-5)4-17-19(14,15)16;;/h5-13H,1-4H2,(H2,14,15,16);;/q;+1;-1. The van der Waals surface area contributed by atoms with E-state index in [9.17, 15) is 19.9 Å². The number of rotatable bonds is 6. The number of aliphatic hydroxyl groups excluding tert-OH is 4. The van der Waals surface area contributed by atoms with Crippen molar-refractivity contribution in [3.8, 4) is 0 Å². The molecule has 11 heteroatoms. The molecular weight excluding hydrogens is 306 g/mol. The first-order valence-electron chi connectivity index (χ1n) is 5.77. The fraction of sp³-hybridized carbons (Fsp3) is 1.00. The fourth-order valence-electron chi connectivity index (χ4n) is 1.87. The Hall–Kier alpha value is 0.910. The summed E-state index contributed by atoms with van der Waals surface area (Å²) in [4.78, 5) is 17.1. The molecule has 1 saturated heterocycles. The van der Waals surface area contributed by atoms with Crippen molar-refractivity contribution in [3.05, 3.63) is 0 Å². The van der Waals surface area contributed by atoms with Crippen molar-refractivity contribution in [2.75, 3.05) is 13.2 Å². The zero-order valence-electron chi connectivity index (χ0n) is 12.1. The Morgan fingerprint density at radius 2 is 1.65 bits per heavy atom. The van der Waals surface area contributed by atoms with Crippen molar-refractivity contribution < 1.29 is 75.0 Å². The molecule has 0 spiro atoms. The molecule has 0 amide bonds. The molecular formula is C9H20NaO9P. The summed E-state index contributed by atoms with van der Waals surface area (Å²) in [5.41, 5.74) is 0. The molecule has 5 unspecified atom stereocenters. The second-order valence-corrected chi connectivity index (χ2v) is 5.58. The smallest absolute Gasteiger partial charge is 1.00 e. The molecule has 0 aliphatic carbocycles. The maximum atomic E-state index is 10.6. The maximum absolute atomic E-state index is 10.6. The first-order chi connectivity index (χ1) is 8.76. The average molecular weight is 326 g/mol. The normalized spacial score (nSPS) is 34.6. The van der Waals surface area contributed by atoms with Crippen molar-refractivity contribution in [2.45, 2.75) is 43.4 Å². The molecule has 0 aromatic carbocycles. The van der Waals surface area contributed by atoms with Gasteiger partial charge in [-0.05, 0) is 12.8 Å². The second kappa shape index (κ2) is 9.14. The van der Waals surface area contributed by atoms with E-state index in [-0.39, 0.29) is 44.0 Å². The summed E-state index contributed by atoms with van der Waals surface area (Å²) >= 11 is 0. The Morgan fingerprint density at radius 1 is 1.10 bits per heavy atom. The first kappa shape index (κ1) is 20.9. The van der Waals surface area contributed by atoms with E-state index >= 15 is 0 Å². The van der Waals surface area contributed by atoms with Crippen molar-refractivity contribution in [2.24, 2.45) is 0 Å². The van der Waals surface area contributed by atoms with Crippen LogP contribution in [0.3, 0.4) is 0 Å². The number of hydrogen-bond acceptors (Lipinski definition) is 7. The minimum Gasteiger partial charge on any atom is -1.00 e. The van der Waals surface area contributed by atoms with E-state index in [1.165, 1.54) is 0 Å². The summed E-state index contributed by atoms with van der Waals surface area (Å²) in [5, 5.41) is 37.6. The third kappa shape index (κ3) is 6.35. The van der Waals surface area contributed by atoms with E-state index < -0.39 is 44.9 Å². The third-order valence-electron chi connectivity index (χ3n) is 2.86. The van der Waals surface area contributed by atoms with Gasteiger partial charge in [0.25, 0.3) is 0 Å². The molecule has 6 N–H and O–H groups in total. The van der Waals surface area contributed by atoms with E-state index in [1.807, 2.05) is 0 Å². The monoisotopic (exact) mass is 326 g/mol. The van der Waals surface area contributed by atoms with E-state index in [0.29, 0.717) is 6.42 Å². The van der Waals surface area contributed by atoms with Crippen LogP contribution in [0.1, 0.15) is 14.3 Å². The van der Waals surface area contributed by atoms with Gasteiger partial charge in [0.15, 0.2) is 0 Å². The van der Waals surface area contributed by atoms with Crippen molar-refractivity contribution in [1.82, 2.24) is 0 Å². The van der Waals surface area contributed by atoms with Gasteiger partial charge >= 0.3 is 37.4 Å². The molecule has 1 aliphatic heterocycles. The quantitative estimate of drug-likeness (QED) is 0.207. The van der Waals surface area contributed by atoms with Gasteiger partial charge in [-0.15, -0.1) is 0 Å². The summed E-state index contributed by atoms with van der Waals surface area (Å²) in [6.45, 7) is -0.750. The van der Waals surface area contributed by atoms with Crippen LogP contribution >= 0.6 is 7.82 Å². The van der Waals surface area contributed by atoms with Crippen LogP contribution in [-0.2, 0) is 13.8 Å². The van der Waals surface area contributed by atoms with Gasteiger partial charge in [-0.3, -0.25) is 4.52 Å². The minimum absolute atomic E-state index is 0. The Kier molecular flexibility index (Phi) is 9.56. The molecule has 1 heterocycles. The topological polar surface area (TPSA) is 157 Å². The zero-order chi connectivity index (χ0) is 14.6. The minimum atomic E-state index is -4.71. The molecule has 9 nitrogen and oxygen atoms in total. The predicted molar refractivity (Wildman–Crippen MR) is 62.1 cm³/mol. The SMILES string of the molecule is O=P(O)(O)OCC1OC(CCCO)C(O)C(O)C1O.[H-].[Na+]. The second-order valence-electron chi connectivity index (χ2n) is 4.34. The molecule has 0 radical (unpaired) electrons. The molecule has 116 valence electrons. The predicted octanol–water partition coefficient (Wildman–Crippen LogP) is -5.17. The average Bonchev–Trinajstić information content (AvgIpc) is 2.33. The van der Waals surface area contributed by atoms with Crippen molar-refractivity contribution in [1.29, 1.82) is 0 Å². The van der Waals surface area contributed by atoms with Gasteiger partial charge < -0.3 is 36.4 Å². The van der Waals surface area contributed by atoms with E-state index in [1.54, 1.807) is 0 Å². The summed E-state index contributed by atoms with van der Waals surface area (Å²) in [5.74, 6) is 0. The maximum Gasteiger partial charge on any atom is 1.00 e. The van der Waals surface area contributed by atoms with Gasteiger partial charge in [-0.25, -0.2) is 4.57 Å². The van der Waals surface area contributed by atoms with E-state index in [4.69, 9.17) is 19.6 Å². The molecule has 1 aliphatic rings. The molecule has 5 atom stereocenters. The van der Waals surface area contributed by atoms with Crippen LogP contribution in [0.25, 0.3) is 0 Å². The number of phosphoric ester groups is 1. The summed E-state index contributed by atoms with van der Waals surface area (Å²) in [7, 11) is -4.71. The molecule has 20 heavy (non-hydrogen) atoms. The first-order valence-corrected chi connectivity index (χ1v) is 7.30. The molecule has 1 fully saturated rings. The van der Waals surface area contributed by atoms with Gasteiger partial charge in [0, 0.05) is 6.61 Å². The molecule has 1 rings (SSSR count). The van der Waals surface area contributed by atoms with Crippen LogP contribution in [0.4, 0.5) is 0 Å².